The Morgan fingerprint density at radius 2 is 1.79 bits per heavy atom. The van der Waals surface area contributed by atoms with Crippen molar-refractivity contribution in [3.05, 3.63) is 41.6 Å². The summed E-state index contributed by atoms with van der Waals surface area (Å²) >= 11 is 0. The zero-order valence-electron chi connectivity index (χ0n) is 16.9. The fourth-order valence-corrected chi connectivity index (χ4v) is 4.97. The fraction of sp³-hybridized carbons (Fsp3) is 0.522. The Morgan fingerprint density at radius 1 is 1.00 bits per heavy atom. The van der Waals surface area contributed by atoms with E-state index in [2.05, 4.69) is 17.0 Å². The number of fused-ring (bicyclic) bond motifs is 1. The molecule has 0 radical (unpaired) electrons. The molecule has 152 valence electrons. The number of nitrogens with zero attached hydrogens (tertiary/aromatic N) is 4. The average Bonchev–Trinajstić information content (AvgIpc) is 3.42. The van der Waals surface area contributed by atoms with Crippen LogP contribution in [0.1, 0.15) is 36.9 Å². The molecule has 6 heteroatoms. The molecule has 2 N–H and O–H groups in total. The number of aryl methyl sites for hydroxylation is 1. The minimum atomic E-state index is 0.125. The molecule has 5 rings (SSSR count). The van der Waals surface area contributed by atoms with Gasteiger partial charge in [-0.1, -0.05) is 30.3 Å². The Morgan fingerprint density at radius 3 is 2.52 bits per heavy atom. The first-order valence-corrected chi connectivity index (χ1v) is 10.9. The topological polar surface area (TPSA) is 75.3 Å². The summed E-state index contributed by atoms with van der Waals surface area (Å²) in [6, 6.07) is 10.4. The standard InChI is InChI=1S/C23H29N5O/c24-18-11-14-28(15-18)23(29)17-9-12-27(13-10-17)22-19-7-4-8-20(19)25-21(26-22)16-5-2-1-3-6-16/h1-3,5-6,17-18H,4,7-15,24H2/t18-/m0/s1. The molecule has 1 amide bonds. The number of amides is 1. The fourth-order valence-electron chi connectivity index (χ4n) is 4.97. The molecule has 1 atom stereocenters. The van der Waals surface area contributed by atoms with E-state index in [0.717, 1.165) is 81.9 Å². The highest BCUT2D eigenvalue weighted by atomic mass is 16.2. The van der Waals surface area contributed by atoms with Crippen LogP contribution >= 0.6 is 0 Å². The minimum absolute atomic E-state index is 0.125. The molecule has 2 aromatic rings. The van der Waals surface area contributed by atoms with Gasteiger partial charge in [0.25, 0.3) is 0 Å². The van der Waals surface area contributed by atoms with Crippen LogP contribution in [-0.2, 0) is 17.6 Å². The van der Waals surface area contributed by atoms with Gasteiger partial charge in [0.05, 0.1) is 0 Å². The van der Waals surface area contributed by atoms with Crippen molar-refractivity contribution in [2.45, 2.75) is 44.6 Å². The van der Waals surface area contributed by atoms with Crippen molar-refractivity contribution in [2.24, 2.45) is 11.7 Å². The van der Waals surface area contributed by atoms with Gasteiger partial charge in [-0.2, -0.15) is 0 Å². The Kier molecular flexibility index (Phi) is 4.96. The van der Waals surface area contributed by atoms with Crippen molar-refractivity contribution >= 4 is 11.7 Å². The van der Waals surface area contributed by atoms with Crippen LogP contribution in [-0.4, -0.2) is 53.0 Å². The molecule has 2 saturated heterocycles. The average molecular weight is 392 g/mol. The van der Waals surface area contributed by atoms with Gasteiger partial charge in [0, 0.05) is 55.0 Å². The summed E-state index contributed by atoms with van der Waals surface area (Å²) in [6.45, 7) is 3.31. The molecular weight excluding hydrogens is 362 g/mol. The second kappa shape index (κ2) is 7.75. The van der Waals surface area contributed by atoms with Crippen LogP contribution in [0, 0.1) is 5.92 Å². The summed E-state index contributed by atoms with van der Waals surface area (Å²) in [5, 5.41) is 0. The summed E-state index contributed by atoms with van der Waals surface area (Å²) in [7, 11) is 0. The van der Waals surface area contributed by atoms with E-state index in [1.165, 1.54) is 11.3 Å². The van der Waals surface area contributed by atoms with E-state index in [1.807, 2.05) is 23.1 Å². The zero-order valence-corrected chi connectivity index (χ0v) is 16.9. The van der Waals surface area contributed by atoms with Gasteiger partial charge >= 0.3 is 0 Å². The molecule has 1 aliphatic carbocycles. The van der Waals surface area contributed by atoms with E-state index in [-0.39, 0.29) is 12.0 Å². The maximum atomic E-state index is 12.8. The lowest BCUT2D eigenvalue weighted by atomic mass is 9.95. The summed E-state index contributed by atoms with van der Waals surface area (Å²) in [6.07, 6.45) is 5.96. The summed E-state index contributed by atoms with van der Waals surface area (Å²) < 4.78 is 0. The van der Waals surface area contributed by atoms with E-state index < -0.39 is 0 Å². The van der Waals surface area contributed by atoms with Crippen LogP contribution in [0.3, 0.4) is 0 Å². The Bertz CT molecular complexity index is 892. The van der Waals surface area contributed by atoms with Gasteiger partial charge in [-0.25, -0.2) is 9.97 Å². The molecule has 0 bridgehead atoms. The van der Waals surface area contributed by atoms with E-state index in [9.17, 15) is 4.79 Å². The van der Waals surface area contributed by atoms with Gasteiger partial charge in [0.2, 0.25) is 5.91 Å². The van der Waals surface area contributed by atoms with E-state index in [4.69, 9.17) is 15.7 Å². The Labute approximate surface area is 172 Å². The third-order valence-corrected chi connectivity index (χ3v) is 6.62. The first-order valence-electron chi connectivity index (χ1n) is 10.9. The molecular formula is C23H29N5O. The molecule has 29 heavy (non-hydrogen) atoms. The van der Waals surface area contributed by atoms with Crippen LogP contribution in [0.15, 0.2) is 30.3 Å². The molecule has 3 aliphatic rings. The monoisotopic (exact) mass is 391 g/mol. The number of nitrogens with two attached hydrogens (primary N) is 1. The molecule has 0 saturated carbocycles. The van der Waals surface area contributed by atoms with Gasteiger partial charge in [0.15, 0.2) is 5.82 Å². The van der Waals surface area contributed by atoms with Crippen molar-refractivity contribution in [1.29, 1.82) is 0 Å². The van der Waals surface area contributed by atoms with Crippen molar-refractivity contribution < 1.29 is 4.79 Å². The largest absolute Gasteiger partial charge is 0.356 e. The normalized spacial score (nSPS) is 22.2. The quantitative estimate of drug-likeness (QED) is 0.870. The number of anilines is 1. The SMILES string of the molecule is N[C@H]1CCN(C(=O)C2CCN(c3nc(-c4ccccc4)nc4c3CCC4)CC2)C1. The number of hydrogen-bond acceptors (Lipinski definition) is 5. The molecule has 0 unspecified atom stereocenters. The van der Waals surface area contributed by atoms with Gasteiger partial charge in [0.1, 0.15) is 5.82 Å². The van der Waals surface area contributed by atoms with E-state index in [1.54, 1.807) is 0 Å². The molecule has 0 spiro atoms. The van der Waals surface area contributed by atoms with Crippen LogP contribution in [0.2, 0.25) is 0 Å². The van der Waals surface area contributed by atoms with Crippen LogP contribution in [0.4, 0.5) is 5.82 Å². The number of hydrogen-bond donors (Lipinski definition) is 1. The van der Waals surface area contributed by atoms with E-state index in [0.29, 0.717) is 5.91 Å². The smallest absolute Gasteiger partial charge is 0.225 e. The Hall–Kier alpha value is -2.47. The second-order valence-electron chi connectivity index (χ2n) is 8.61. The van der Waals surface area contributed by atoms with Gasteiger partial charge in [-0.3, -0.25) is 4.79 Å². The van der Waals surface area contributed by atoms with Crippen molar-refractivity contribution in [3.8, 4) is 11.4 Å². The lowest BCUT2D eigenvalue weighted by Crippen LogP contribution is -2.43. The first-order chi connectivity index (χ1) is 14.2. The number of likely N-dealkylation sites (tertiary alicyclic amines) is 1. The zero-order chi connectivity index (χ0) is 19.8. The number of aromatic nitrogens is 2. The molecule has 2 fully saturated rings. The maximum absolute atomic E-state index is 12.8. The summed E-state index contributed by atoms with van der Waals surface area (Å²) in [5.74, 6) is 2.35. The van der Waals surface area contributed by atoms with Crippen LogP contribution < -0.4 is 10.6 Å². The van der Waals surface area contributed by atoms with E-state index >= 15 is 0 Å². The lowest BCUT2D eigenvalue weighted by Gasteiger charge is -2.35. The third-order valence-electron chi connectivity index (χ3n) is 6.62. The molecule has 1 aromatic carbocycles. The third kappa shape index (κ3) is 3.62. The first kappa shape index (κ1) is 18.6. The number of carbonyl (C=O) groups excluding carboxylic acids is 1. The predicted molar refractivity (Wildman–Crippen MR) is 114 cm³/mol. The molecule has 1 aromatic heterocycles. The van der Waals surface area contributed by atoms with Crippen molar-refractivity contribution in [1.82, 2.24) is 14.9 Å². The van der Waals surface area contributed by atoms with Gasteiger partial charge < -0.3 is 15.5 Å². The maximum Gasteiger partial charge on any atom is 0.225 e. The minimum Gasteiger partial charge on any atom is -0.356 e. The highest BCUT2D eigenvalue weighted by Gasteiger charge is 2.33. The number of benzene rings is 1. The van der Waals surface area contributed by atoms with Gasteiger partial charge in [-0.05, 0) is 38.5 Å². The number of rotatable bonds is 3. The Balaban J connectivity index is 1.34. The second-order valence-corrected chi connectivity index (χ2v) is 8.61. The lowest BCUT2D eigenvalue weighted by molar-refractivity contribution is -0.135. The van der Waals surface area contributed by atoms with Gasteiger partial charge in [-0.15, -0.1) is 0 Å². The van der Waals surface area contributed by atoms with Crippen LogP contribution in [0.5, 0.6) is 0 Å². The summed E-state index contributed by atoms with van der Waals surface area (Å²) in [5.41, 5.74) is 9.58. The highest BCUT2D eigenvalue weighted by Crippen LogP contribution is 2.34. The molecule has 3 heterocycles. The summed E-state index contributed by atoms with van der Waals surface area (Å²) in [4.78, 5) is 27.1. The van der Waals surface area contributed by atoms with Crippen molar-refractivity contribution in [2.75, 3.05) is 31.1 Å². The van der Waals surface area contributed by atoms with Crippen LogP contribution in [0.25, 0.3) is 11.4 Å². The molecule has 2 aliphatic heterocycles. The number of carbonyl (C=O) groups is 1. The molecule has 6 nitrogen and oxygen atoms in total. The predicted octanol–water partition coefficient (Wildman–Crippen LogP) is 2.41. The highest BCUT2D eigenvalue weighted by molar-refractivity contribution is 5.79. The van der Waals surface area contributed by atoms with Crippen molar-refractivity contribution in [3.63, 3.8) is 0 Å². The number of piperidine rings is 1.